The third-order valence-electron chi connectivity index (χ3n) is 1.96. The van der Waals surface area contributed by atoms with Crippen LogP contribution in [0.3, 0.4) is 0 Å². The molecule has 0 N–H and O–H groups in total. The van der Waals surface area contributed by atoms with Gasteiger partial charge in [-0.05, 0) is 23.8 Å². The van der Waals surface area contributed by atoms with Crippen molar-refractivity contribution in [3.63, 3.8) is 0 Å². The number of hydrogen-bond donors (Lipinski definition) is 1. The number of rotatable bonds is 3. The van der Waals surface area contributed by atoms with Crippen LogP contribution in [-0.4, -0.2) is 10.3 Å². The van der Waals surface area contributed by atoms with Crippen molar-refractivity contribution in [2.75, 3.05) is 5.75 Å². The second-order valence-electron chi connectivity index (χ2n) is 3.28. The molecule has 4 heteroatoms. The van der Waals surface area contributed by atoms with Crippen LogP contribution in [0.2, 0.25) is 0 Å². The first-order valence-electron chi connectivity index (χ1n) is 4.39. The zero-order chi connectivity index (χ0) is 10.6. The van der Waals surface area contributed by atoms with Crippen molar-refractivity contribution in [1.29, 1.82) is 5.26 Å². The Balaban J connectivity index is 3.00. The van der Waals surface area contributed by atoms with Crippen molar-refractivity contribution in [1.82, 2.24) is 4.57 Å². The number of aromatic nitrogens is 1. The van der Waals surface area contributed by atoms with Gasteiger partial charge in [0.15, 0.2) is 0 Å². The maximum absolute atomic E-state index is 11.6. The molecule has 0 spiro atoms. The molecule has 74 valence electrons. The van der Waals surface area contributed by atoms with E-state index in [4.69, 9.17) is 5.26 Å². The van der Waals surface area contributed by atoms with Gasteiger partial charge in [0.1, 0.15) is 11.6 Å². The van der Waals surface area contributed by atoms with Gasteiger partial charge >= 0.3 is 0 Å². The molecule has 0 saturated carbocycles. The van der Waals surface area contributed by atoms with E-state index in [0.717, 1.165) is 5.75 Å². The van der Waals surface area contributed by atoms with Crippen molar-refractivity contribution in [3.8, 4) is 6.07 Å². The Morgan fingerprint density at radius 2 is 2.43 bits per heavy atom. The first-order valence-corrected chi connectivity index (χ1v) is 5.02. The lowest BCUT2D eigenvalue weighted by atomic mass is 10.2. The number of pyridine rings is 1. The lowest BCUT2D eigenvalue weighted by Gasteiger charge is -2.10. The predicted molar refractivity (Wildman–Crippen MR) is 58.4 cm³/mol. The maximum atomic E-state index is 11.6. The van der Waals surface area contributed by atoms with Crippen molar-refractivity contribution < 1.29 is 0 Å². The van der Waals surface area contributed by atoms with E-state index in [1.807, 2.05) is 13.0 Å². The van der Waals surface area contributed by atoms with Gasteiger partial charge in [0.05, 0.1) is 0 Å². The van der Waals surface area contributed by atoms with Gasteiger partial charge in [0, 0.05) is 12.7 Å². The van der Waals surface area contributed by atoms with Gasteiger partial charge in [-0.3, -0.25) is 4.79 Å². The van der Waals surface area contributed by atoms with E-state index in [1.165, 1.54) is 6.07 Å². The topological polar surface area (TPSA) is 45.8 Å². The second-order valence-corrected chi connectivity index (χ2v) is 3.64. The van der Waals surface area contributed by atoms with Gasteiger partial charge in [-0.1, -0.05) is 6.92 Å². The van der Waals surface area contributed by atoms with Gasteiger partial charge in [-0.15, -0.1) is 0 Å². The summed E-state index contributed by atoms with van der Waals surface area (Å²) in [6.07, 6.45) is 1.70. The van der Waals surface area contributed by atoms with Crippen LogP contribution in [0.15, 0.2) is 23.1 Å². The summed E-state index contributed by atoms with van der Waals surface area (Å²) in [6, 6.07) is 5.12. The fourth-order valence-corrected chi connectivity index (χ4v) is 1.27. The highest BCUT2D eigenvalue weighted by Crippen LogP contribution is 2.00. The Hall–Kier alpha value is -1.21. The minimum atomic E-state index is -0.219. The Kier molecular flexibility index (Phi) is 3.78. The van der Waals surface area contributed by atoms with Gasteiger partial charge < -0.3 is 4.57 Å². The molecule has 3 nitrogen and oxygen atoms in total. The zero-order valence-corrected chi connectivity index (χ0v) is 8.87. The molecule has 0 aliphatic rings. The first kappa shape index (κ1) is 10.9. The lowest BCUT2D eigenvalue weighted by Crippen LogP contribution is -2.24. The maximum Gasteiger partial charge on any atom is 0.268 e. The van der Waals surface area contributed by atoms with Gasteiger partial charge in [0.25, 0.3) is 5.56 Å². The summed E-state index contributed by atoms with van der Waals surface area (Å²) in [5, 5.41) is 8.66. The molecule has 1 unspecified atom stereocenters. The molecule has 0 amide bonds. The van der Waals surface area contributed by atoms with E-state index < -0.39 is 0 Å². The van der Waals surface area contributed by atoms with Gasteiger partial charge in [-0.2, -0.15) is 17.9 Å². The van der Waals surface area contributed by atoms with Crippen molar-refractivity contribution in [2.45, 2.75) is 13.5 Å². The van der Waals surface area contributed by atoms with Crippen LogP contribution in [0.5, 0.6) is 0 Å². The number of nitrogens with zero attached hydrogens (tertiary/aromatic N) is 2. The van der Waals surface area contributed by atoms with E-state index in [9.17, 15) is 4.79 Å². The number of thiol groups is 1. The highest BCUT2D eigenvalue weighted by atomic mass is 32.1. The molecule has 0 aliphatic heterocycles. The van der Waals surface area contributed by atoms with Gasteiger partial charge in [0.2, 0.25) is 0 Å². The minimum absolute atomic E-state index is 0.193. The minimum Gasteiger partial charge on any atom is -0.314 e. The predicted octanol–water partition coefficient (Wildman–Crippen LogP) is 1.29. The van der Waals surface area contributed by atoms with E-state index in [1.54, 1.807) is 16.8 Å². The molecule has 1 heterocycles. The summed E-state index contributed by atoms with van der Waals surface area (Å²) in [4.78, 5) is 11.6. The Morgan fingerprint density at radius 3 is 3.00 bits per heavy atom. The molecular formula is C10H12N2OS. The van der Waals surface area contributed by atoms with Crippen LogP contribution in [-0.2, 0) is 6.54 Å². The second kappa shape index (κ2) is 4.87. The highest BCUT2D eigenvalue weighted by molar-refractivity contribution is 7.80. The standard InChI is InChI=1S/C10H12N2OS/c1-8(7-14)6-12-4-2-3-9(5-11)10(12)13/h2-4,8,14H,6-7H2,1H3. The summed E-state index contributed by atoms with van der Waals surface area (Å²) < 4.78 is 1.56. The van der Waals surface area contributed by atoms with Crippen LogP contribution >= 0.6 is 12.6 Å². The van der Waals surface area contributed by atoms with Crippen LogP contribution in [0, 0.1) is 17.2 Å². The van der Waals surface area contributed by atoms with Crippen LogP contribution in [0.1, 0.15) is 12.5 Å². The Bertz CT molecular complexity index is 405. The van der Waals surface area contributed by atoms with Crippen LogP contribution < -0.4 is 5.56 Å². The summed E-state index contributed by atoms with van der Waals surface area (Å²) in [6.45, 7) is 2.62. The smallest absolute Gasteiger partial charge is 0.268 e. The third kappa shape index (κ3) is 2.39. The van der Waals surface area contributed by atoms with E-state index >= 15 is 0 Å². The SMILES string of the molecule is CC(CS)Cn1cccc(C#N)c1=O. The van der Waals surface area contributed by atoms with Crippen molar-refractivity contribution >= 4 is 12.6 Å². The average molecular weight is 208 g/mol. The molecule has 0 aliphatic carbocycles. The fourth-order valence-electron chi connectivity index (χ4n) is 1.16. The van der Waals surface area contributed by atoms with E-state index in [2.05, 4.69) is 12.6 Å². The van der Waals surface area contributed by atoms with Crippen molar-refractivity contribution in [2.24, 2.45) is 5.92 Å². The third-order valence-corrected chi connectivity index (χ3v) is 2.58. The first-order chi connectivity index (χ1) is 6.69. The number of nitriles is 1. The largest absolute Gasteiger partial charge is 0.314 e. The molecule has 1 rings (SSSR count). The molecule has 1 aromatic rings. The summed E-state index contributed by atoms with van der Waals surface area (Å²) in [7, 11) is 0. The Morgan fingerprint density at radius 1 is 1.71 bits per heavy atom. The molecular weight excluding hydrogens is 196 g/mol. The summed E-state index contributed by atoms with van der Waals surface area (Å²) >= 11 is 4.15. The Labute approximate surface area is 88.4 Å². The normalized spacial score (nSPS) is 12.1. The van der Waals surface area contributed by atoms with Crippen LogP contribution in [0.4, 0.5) is 0 Å². The lowest BCUT2D eigenvalue weighted by molar-refractivity contribution is 0.518. The molecule has 0 fully saturated rings. The summed E-state index contributed by atoms with van der Waals surface area (Å²) in [5.41, 5.74) is -0.0255. The highest BCUT2D eigenvalue weighted by Gasteiger charge is 2.05. The van der Waals surface area contributed by atoms with Crippen LogP contribution in [0.25, 0.3) is 0 Å². The molecule has 0 radical (unpaired) electrons. The number of hydrogen-bond acceptors (Lipinski definition) is 3. The van der Waals surface area contributed by atoms with E-state index in [0.29, 0.717) is 12.5 Å². The molecule has 0 bridgehead atoms. The molecule has 1 aromatic heterocycles. The molecule has 1 atom stereocenters. The molecule has 0 saturated heterocycles. The molecule has 14 heavy (non-hydrogen) atoms. The molecule has 0 aromatic carbocycles. The van der Waals surface area contributed by atoms with Gasteiger partial charge in [-0.25, -0.2) is 0 Å². The monoisotopic (exact) mass is 208 g/mol. The zero-order valence-electron chi connectivity index (χ0n) is 7.97. The van der Waals surface area contributed by atoms with E-state index in [-0.39, 0.29) is 11.1 Å². The fraction of sp³-hybridized carbons (Fsp3) is 0.400. The van der Waals surface area contributed by atoms with Crippen molar-refractivity contribution in [3.05, 3.63) is 34.2 Å². The quantitative estimate of drug-likeness (QED) is 0.761. The average Bonchev–Trinajstić information content (AvgIpc) is 2.21. The summed E-state index contributed by atoms with van der Waals surface area (Å²) in [5.74, 6) is 1.05.